The molecule has 0 aliphatic heterocycles. The van der Waals surface area contributed by atoms with Gasteiger partial charge in [-0.15, -0.1) is 0 Å². The number of methoxy groups -OCH3 is 1. The van der Waals surface area contributed by atoms with Gasteiger partial charge in [0.1, 0.15) is 17.1 Å². The predicted molar refractivity (Wildman–Crippen MR) is 101 cm³/mol. The average molecular weight is 384 g/mol. The van der Waals surface area contributed by atoms with Gasteiger partial charge in [-0.05, 0) is 48.5 Å². The van der Waals surface area contributed by atoms with E-state index in [2.05, 4.69) is 10.3 Å². The van der Waals surface area contributed by atoms with Gasteiger partial charge in [-0.3, -0.25) is 10.1 Å². The highest BCUT2D eigenvalue weighted by molar-refractivity contribution is 6.04. The Morgan fingerprint density at radius 1 is 0.963 bits per heavy atom. The molecule has 0 atom stereocenters. The van der Waals surface area contributed by atoms with Crippen LogP contribution in [0, 0.1) is 10.1 Å². The number of hydrogen-bond acceptors (Lipinski definition) is 3. The van der Waals surface area contributed by atoms with Crippen LogP contribution >= 0.6 is 0 Å². The number of halogens is 1. The van der Waals surface area contributed by atoms with Crippen LogP contribution in [0.1, 0.15) is 5.56 Å². The summed E-state index contributed by atoms with van der Waals surface area (Å²) in [4.78, 5) is 13.7. The van der Waals surface area contributed by atoms with Crippen LogP contribution in [-0.4, -0.2) is 17.9 Å². The van der Waals surface area contributed by atoms with Crippen LogP contribution in [0.2, 0.25) is 0 Å². The summed E-state index contributed by atoms with van der Waals surface area (Å²) in [7, 11) is 1.63. The van der Waals surface area contributed by atoms with Crippen LogP contribution in [0.25, 0.3) is 0 Å². The molecule has 3 rings (SSSR count). The van der Waals surface area contributed by atoms with E-state index in [1.165, 1.54) is 12.1 Å². The zero-order chi connectivity index (χ0) is 18.4. The number of nitrogens with zero attached hydrogens (tertiary/aromatic N) is 1. The number of rotatable bonds is 5. The molecule has 0 aliphatic carbocycles. The van der Waals surface area contributed by atoms with E-state index in [9.17, 15) is 10.1 Å². The highest BCUT2D eigenvalue weighted by atomic mass is 35.5. The zero-order valence-electron chi connectivity index (χ0n) is 14.6. The van der Waals surface area contributed by atoms with E-state index in [1.807, 2.05) is 54.6 Å². The summed E-state index contributed by atoms with van der Waals surface area (Å²) in [5, 5.41) is 14.2. The molecule has 0 saturated heterocycles. The predicted octanol–water partition coefficient (Wildman–Crippen LogP) is -0.122. The molecule has 3 aromatic carbocycles. The molecule has 6 nitrogen and oxygen atoms in total. The second-order valence-electron chi connectivity index (χ2n) is 5.52. The van der Waals surface area contributed by atoms with Crippen molar-refractivity contribution in [2.24, 2.45) is 0 Å². The summed E-state index contributed by atoms with van der Waals surface area (Å²) in [6.45, 7) is 0. The van der Waals surface area contributed by atoms with Crippen LogP contribution in [0.15, 0.2) is 78.9 Å². The van der Waals surface area contributed by atoms with Crippen molar-refractivity contribution in [1.29, 1.82) is 0 Å². The minimum absolute atomic E-state index is 0. The topological polar surface area (TPSA) is 78.4 Å². The van der Waals surface area contributed by atoms with Crippen molar-refractivity contribution >= 4 is 22.9 Å². The van der Waals surface area contributed by atoms with Crippen molar-refractivity contribution in [2.75, 3.05) is 12.4 Å². The lowest BCUT2D eigenvalue weighted by molar-refractivity contribution is -0.385. The molecule has 7 heteroatoms. The number of nitrogens with one attached hydrogen (secondary N) is 2. The van der Waals surface area contributed by atoms with Crippen LogP contribution in [0.5, 0.6) is 5.75 Å². The summed E-state index contributed by atoms with van der Waals surface area (Å²) in [6, 6.07) is 23.7. The summed E-state index contributed by atoms with van der Waals surface area (Å²) < 4.78 is 5.18. The molecular formula is C20H18ClN3O3. The molecule has 138 valence electrons. The lowest BCUT2D eigenvalue weighted by Crippen LogP contribution is -3.00. The first-order valence-electron chi connectivity index (χ1n) is 8.00. The SMILES string of the molecule is COc1ccc(NC(=[NH+]c2ccc([N+](=O)[O-])cc2)c2ccccc2)cc1.[Cl-]. The van der Waals surface area contributed by atoms with Gasteiger partial charge in [0.25, 0.3) is 11.5 Å². The van der Waals surface area contributed by atoms with Crippen molar-refractivity contribution in [3.63, 3.8) is 0 Å². The van der Waals surface area contributed by atoms with Crippen molar-refractivity contribution in [3.05, 3.63) is 94.5 Å². The Morgan fingerprint density at radius 2 is 1.59 bits per heavy atom. The number of nitro benzene ring substituents is 1. The fraction of sp³-hybridized carbons (Fsp3) is 0.0500. The highest BCUT2D eigenvalue weighted by Gasteiger charge is 2.12. The molecule has 0 aromatic heterocycles. The van der Waals surface area contributed by atoms with Gasteiger partial charge in [0, 0.05) is 12.1 Å². The summed E-state index contributed by atoms with van der Waals surface area (Å²) in [5.74, 6) is 1.55. The highest BCUT2D eigenvalue weighted by Crippen LogP contribution is 2.16. The molecule has 0 heterocycles. The fourth-order valence-electron chi connectivity index (χ4n) is 2.41. The van der Waals surface area contributed by atoms with Crippen LogP contribution in [0.4, 0.5) is 17.1 Å². The summed E-state index contributed by atoms with van der Waals surface area (Å²) >= 11 is 0. The largest absolute Gasteiger partial charge is 1.00 e. The molecule has 2 N–H and O–H groups in total. The minimum Gasteiger partial charge on any atom is -1.00 e. The minimum atomic E-state index is -0.415. The number of hydrogen-bond donors (Lipinski definition) is 2. The van der Waals surface area contributed by atoms with Gasteiger partial charge in [-0.2, -0.15) is 0 Å². The third kappa shape index (κ3) is 5.29. The summed E-state index contributed by atoms with van der Waals surface area (Å²) in [6.07, 6.45) is 0. The van der Waals surface area contributed by atoms with Gasteiger partial charge in [-0.25, -0.2) is 10.3 Å². The number of ether oxygens (including phenoxy) is 1. The second kappa shape index (κ2) is 9.35. The maximum absolute atomic E-state index is 10.8. The first-order valence-corrected chi connectivity index (χ1v) is 8.00. The molecule has 0 spiro atoms. The van der Waals surface area contributed by atoms with E-state index in [-0.39, 0.29) is 18.1 Å². The maximum Gasteiger partial charge on any atom is 0.285 e. The summed E-state index contributed by atoms with van der Waals surface area (Å²) in [5.41, 5.74) is 2.65. The average Bonchev–Trinajstić information content (AvgIpc) is 2.69. The van der Waals surface area contributed by atoms with E-state index in [4.69, 9.17) is 4.74 Å². The van der Waals surface area contributed by atoms with Gasteiger partial charge >= 0.3 is 0 Å². The molecule has 0 bridgehead atoms. The van der Waals surface area contributed by atoms with Gasteiger partial charge in [0.15, 0.2) is 0 Å². The van der Waals surface area contributed by atoms with E-state index in [0.717, 1.165) is 28.5 Å². The van der Waals surface area contributed by atoms with Crippen molar-refractivity contribution in [2.45, 2.75) is 0 Å². The Morgan fingerprint density at radius 3 is 2.15 bits per heavy atom. The van der Waals surface area contributed by atoms with Crippen LogP contribution in [0.3, 0.4) is 0 Å². The fourth-order valence-corrected chi connectivity index (χ4v) is 2.41. The van der Waals surface area contributed by atoms with Gasteiger partial charge in [0.05, 0.1) is 17.6 Å². The standard InChI is InChI=1S/C20H17N3O3.ClH/c1-26-19-13-9-17(10-14-19)22-20(15-5-3-2-4-6-15)21-16-7-11-18(12-8-16)23(24)25;/h2-14H,1H3,(H,21,22);1H. The van der Waals surface area contributed by atoms with Crippen LogP contribution < -0.4 is 27.5 Å². The Hall–Kier alpha value is -3.38. The quantitative estimate of drug-likeness (QED) is 0.279. The number of benzene rings is 3. The molecule has 0 unspecified atom stereocenters. The lowest BCUT2D eigenvalue weighted by Gasteiger charge is -2.05. The Bertz CT molecular complexity index is 911. The van der Waals surface area contributed by atoms with Crippen molar-refractivity contribution < 1.29 is 27.1 Å². The molecule has 3 aromatic rings. The molecule has 0 amide bonds. The van der Waals surface area contributed by atoms with Crippen molar-refractivity contribution in [1.82, 2.24) is 0 Å². The molecule has 27 heavy (non-hydrogen) atoms. The number of nitro groups is 1. The van der Waals surface area contributed by atoms with Gasteiger partial charge in [0.2, 0.25) is 0 Å². The van der Waals surface area contributed by atoms with E-state index in [1.54, 1.807) is 19.2 Å². The first-order chi connectivity index (χ1) is 12.7. The first kappa shape index (κ1) is 19.9. The number of amidine groups is 1. The van der Waals surface area contributed by atoms with Gasteiger partial charge < -0.3 is 17.1 Å². The number of non-ortho nitro benzene ring substituents is 1. The number of anilines is 1. The molecule has 0 saturated carbocycles. The lowest BCUT2D eigenvalue weighted by atomic mass is 10.2. The molecule has 0 fully saturated rings. The Balaban J connectivity index is 0.00000261. The van der Waals surface area contributed by atoms with E-state index in [0.29, 0.717) is 0 Å². The maximum atomic E-state index is 10.8. The normalized spacial score (nSPS) is 10.6. The molecule has 0 aliphatic rings. The molecular weight excluding hydrogens is 366 g/mol. The third-order valence-electron chi connectivity index (χ3n) is 3.77. The smallest absolute Gasteiger partial charge is 0.285 e. The Kier molecular flexibility index (Phi) is 6.91. The van der Waals surface area contributed by atoms with E-state index >= 15 is 0 Å². The van der Waals surface area contributed by atoms with Gasteiger partial charge in [-0.1, -0.05) is 18.2 Å². The van der Waals surface area contributed by atoms with Crippen molar-refractivity contribution in [3.8, 4) is 5.75 Å². The monoisotopic (exact) mass is 383 g/mol. The second-order valence-corrected chi connectivity index (χ2v) is 5.52. The zero-order valence-corrected chi connectivity index (χ0v) is 15.3. The van der Waals surface area contributed by atoms with Crippen LogP contribution in [-0.2, 0) is 0 Å². The third-order valence-corrected chi connectivity index (χ3v) is 3.77. The Labute approximate surface area is 163 Å². The molecule has 0 radical (unpaired) electrons. The van der Waals surface area contributed by atoms with E-state index < -0.39 is 4.92 Å².